The number of hydrogen-bond donors (Lipinski definition) is 1. The first-order valence-corrected chi connectivity index (χ1v) is 6.64. The van der Waals surface area contributed by atoms with Gasteiger partial charge in [0.15, 0.2) is 0 Å². The Morgan fingerprint density at radius 3 is 1.67 bits per heavy atom. The zero-order valence-corrected chi connectivity index (χ0v) is 11.0. The number of nitrogens with zero attached hydrogens (tertiary/aromatic N) is 2. The van der Waals surface area contributed by atoms with E-state index in [1.54, 1.807) is 14.2 Å². The number of rotatable bonds is 2. The maximum Gasteiger partial charge on any atom is 0.418 e. The SMILES string of the molecule is COC.O=C1OCCN1P(=O)(O)N1CCOC1=O. The molecule has 18 heavy (non-hydrogen) atoms. The lowest BCUT2D eigenvalue weighted by atomic mass is 10.7. The molecule has 0 spiro atoms. The van der Waals surface area contributed by atoms with Crippen molar-refractivity contribution in [1.29, 1.82) is 0 Å². The van der Waals surface area contributed by atoms with Crippen molar-refractivity contribution >= 4 is 19.9 Å². The molecule has 1 N–H and O–H groups in total. The Labute approximate surface area is 104 Å². The molecule has 2 saturated heterocycles. The molecule has 0 radical (unpaired) electrons. The summed E-state index contributed by atoms with van der Waals surface area (Å²) in [6.07, 6.45) is -1.78. The molecular formula is C8H15N2O7P. The van der Waals surface area contributed by atoms with Gasteiger partial charge in [0.2, 0.25) is 0 Å². The zero-order valence-electron chi connectivity index (χ0n) is 10.1. The highest BCUT2D eigenvalue weighted by Crippen LogP contribution is 2.51. The monoisotopic (exact) mass is 282 g/mol. The van der Waals surface area contributed by atoms with Gasteiger partial charge in [-0.15, -0.1) is 0 Å². The van der Waals surface area contributed by atoms with Crippen molar-refractivity contribution in [2.45, 2.75) is 0 Å². The van der Waals surface area contributed by atoms with Crippen LogP contribution < -0.4 is 0 Å². The predicted molar refractivity (Wildman–Crippen MR) is 58.9 cm³/mol. The topological polar surface area (TPSA) is 106 Å². The molecule has 9 nitrogen and oxygen atoms in total. The summed E-state index contributed by atoms with van der Waals surface area (Å²) in [5.74, 6) is 0. The lowest BCUT2D eigenvalue weighted by Crippen LogP contribution is -2.32. The third-order valence-corrected chi connectivity index (χ3v) is 4.09. The van der Waals surface area contributed by atoms with E-state index in [2.05, 4.69) is 14.2 Å². The third-order valence-electron chi connectivity index (χ3n) is 2.11. The van der Waals surface area contributed by atoms with Crippen LogP contribution in [0.4, 0.5) is 9.59 Å². The second-order valence-corrected chi connectivity index (χ2v) is 5.39. The van der Waals surface area contributed by atoms with Gasteiger partial charge >= 0.3 is 19.9 Å². The smallest absolute Gasteiger partial charge is 0.418 e. The summed E-state index contributed by atoms with van der Waals surface area (Å²) in [6, 6.07) is 0. The van der Waals surface area contributed by atoms with E-state index in [0.717, 1.165) is 0 Å². The zero-order chi connectivity index (χ0) is 13.8. The molecule has 0 aromatic heterocycles. The van der Waals surface area contributed by atoms with E-state index in [1.807, 2.05) is 0 Å². The van der Waals surface area contributed by atoms with Crippen LogP contribution in [0, 0.1) is 0 Å². The van der Waals surface area contributed by atoms with Gasteiger partial charge in [-0.3, -0.25) is 0 Å². The van der Waals surface area contributed by atoms with Gasteiger partial charge in [0.05, 0.1) is 13.1 Å². The average Bonchev–Trinajstić information content (AvgIpc) is 2.88. The fourth-order valence-electron chi connectivity index (χ4n) is 1.37. The molecule has 0 bridgehead atoms. The predicted octanol–water partition coefficient (Wildman–Crippen LogP) is 0.254. The summed E-state index contributed by atoms with van der Waals surface area (Å²) < 4.78 is 26.4. The Morgan fingerprint density at radius 1 is 1.11 bits per heavy atom. The van der Waals surface area contributed by atoms with Gasteiger partial charge < -0.3 is 19.1 Å². The average molecular weight is 282 g/mol. The number of carbonyl (C=O) groups is 2. The summed E-state index contributed by atoms with van der Waals surface area (Å²) in [4.78, 5) is 31.8. The van der Waals surface area contributed by atoms with Gasteiger partial charge in [-0.2, -0.15) is 0 Å². The van der Waals surface area contributed by atoms with Crippen LogP contribution in [-0.4, -0.2) is 66.9 Å². The molecule has 2 amide bonds. The van der Waals surface area contributed by atoms with Gasteiger partial charge in [-0.25, -0.2) is 23.5 Å². The van der Waals surface area contributed by atoms with Crippen LogP contribution >= 0.6 is 7.67 Å². The third kappa shape index (κ3) is 2.92. The van der Waals surface area contributed by atoms with E-state index in [4.69, 9.17) is 0 Å². The molecule has 2 fully saturated rings. The number of carbonyl (C=O) groups excluding carboxylic acids is 2. The number of cyclic esters (lactones) is 2. The van der Waals surface area contributed by atoms with Crippen LogP contribution in [0.3, 0.4) is 0 Å². The summed E-state index contributed by atoms with van der Waals surface area (Å²) in [5.41, 5.74) is 0. The van der Waals surface area contributed by atoms with Gasteiger partial charge in [0.25, 0.3) is 0 Å². The maximum atomic E-state index is 11.8. The summed E-state index contributed by atoms with van der Waals surface area (Å²) in [7, 11) is -0.932. The molecule has 0 aliphatic carbocycles. The van der Waals surface area contributed by atoms with E-state index in [9.17, 15) is 19.0 Å². The Bertz CT molecular complexity index is 344. The quantitative estimate of drug-likeness (QED) is 0.724. The minimum atomic E-state index is -4.18. The molecule has 0 aromatic rings. The molecule has 0 atom stereocenters. The second kappa shape index (κ2) is 6.03. The Kier molecular flexibility index (Phi) is 4.94. The molecule has 2 rings (SSSR count). The lowest BCUT2D eigenvalue weighted by Gasteiger charge is -2.25. The molecule has 104 valence electrons. The standard InChI is InChI=1S/C6H9N2O6P.C2H6O/c9-5-7(1-3-13-5)15(11,12)8-2-4-14-6(8)10;1-3-2/h1-4H2,(H,11,12);1-2H3. The van der Waals surface area contributed by atoms with E-state index >= 15 is 0 Å². The molecule has 0 saturated carbocycles. The number of amides is 2. The molecule has 0 aromatic carbocycles. The van der Waals surface area contributed by atoms with Crippen LogP contribution in [-0.2, 0) is 18.8 Å². The Hall–Kier alpha value is -1.31. The Morgan fingerprint density at radius 2 is 1.44 bits per heavy atom. The number of methoxy groups -OCH3 is 1. The highest BCUT2D eigenvalue weighted by Gasteiger charge is 2.47. The molecule has 10 heteroatoms. The van der Waals surface area contributed by atoms with Crippen molar-refractivity contribution in [2.75, 3.05) is 40.5 Å². The summed E-state index contributed by atoms with van der Waals surface area (Å²) >= 11 is 0. The largest absolute Gasteiger partial charge is 0.447 e. The fourth-order valence-corrected chi connectivity index (χ4v) is 2.86. The molecule has 2 aliphatic heterocycles. The molecule has 2 heterocycles. The van der Waals surface area contributed by atoms with Crippen molar-refractivity contribution in [3.05, 3.63) is 0 Å². The van der Waals surface area contributed by atoms with Crippen molar-refractivity contribution in [3.63, 3.8) is 0 Å². The molecule has 0 unspecified atom stereocenters. The van der Waals surface area contributed by atoms with Gasteiger partial charge in [-0.05, 0) is 0 Å². The van der Waals surface area contributed by atoms with Gasteiger partial charge in [-0.1, -0.05) is 0 Å². The van der Waals surface area contributed by atoms with Crippen molar-refractivity contribution < 1.29 is 33.3 Å². The normalized spacial score (nSPS) is 19.3. The molecule has 2 aliphatic rings. The first-order valence-electron chi connectivity index (χ1n) is 5.07. The minimum Gasteiger partial charge on any atom is -0.447 e. The minimum absolute atomic E-state index is 0.00358. The van der Waals surface area contributed by atoms with E-state index in [0.29, 0.717) is 9.34 Å². The van der Waals surface area contributed by atoms with Crippen molar-refractivity contribution in [1.82, 2.24) is 9.34 Å². The van der Waals surface area contributed by atoms with Crippen molar-refractivity contribution in [2.24, 2.45) is 0 Å². The van der Waals surface area contributed by atoms with Gasteiger partial charge in [0, 0.05) is 14.2 Å². The highest BCUT2D eigenvalue weighted by molar-refractivity contribution is 7.54. The highest BCUT2D eigenvalue weighted by atomic mass is 31.2. The van der Waals surface area contributed by atoms with Gasteiger partial charge in [0.1, 0.15) is 13.2 Å². The first-order chi connectivity index (χ1) is 8.45. The molecular weight excluding hydrogens is 267 g/mol. The van der Waals surface area contributed by atoms with E-state index in [1.165, 1.54) is 0 Å². The summed E-state index contributed by atoms with van der Waals surface area (Å²) in [5, 5.41) is 0. The van der Waals surface area contributed by atoms with E-state index < -0.39 is 19.9 Å². The van der Waals surface area contributed by atoms with Crippen LogP contribution in [0.25, 0.3) is 0 Å². The maximum absolute atomic E-state index is 11.8. The lowest BCUT2D eigenvalue weighted by molar-refractivity contribution is 0.161. The van der Waals surface area contributed by atoms with Crippen LogP contribution in [0.5, 0.6) is 0 Å². The first kappa shape index (κ1) is 14.7. The fraction of sp³-hybridized carbons (Fsp3) is 0.750. The number of ether oxygens (including phenoxy) is 3. The van der Waals surface area contributed by atoms with Crippen molar-refractivity contribution in [3.8, 4) is 0 Å². The van der Waals surface area contributed by atoms with Crippen LogP contribution in [0.15, 0.2) is 0 Å². The Balaban J connectivity index is 0.000000492. The van der Waals surface area contributed by atoms with E-state index in [-0.39, 0.29) is 26.3 Å². The number of hydrogen-bond acceptors (Lipinski definition) is 6. The van der Waals surface area contributed by atoms with Crippen LogP contribution in [0.1, 0.15) is 0 Å². The van der Waals surface area contributed by atoms with Crippen LogP contribution in [0.2, 0.25) is 0 Å². The second-order valence-electron chi connectivity index (χ2n) is 3.40. The summed E-state index contributed by atoms with van der Waals surface area (Å²) in [6.45, 7) is 0.0886.